The molecule has 0 radical (unpaired) electrons. The van der Waals surface area contributed by atoms with E-state index in [1.807, 2.05) is 17.7 Å². The van der Waals surface area contributed by atoms with Crippen LogP contribution >= 0.6 is 27.3 Å². The third-order valence-corrected chi connectivity index (χ3v) is 4.34. The van der Waals surface area contributed by atoms with Crippen LogP contribution in [0.4, 0.5) is 13.2 Å². The number of hydrogen-bond donors (Lipinski definition) is 1. The van der Waals surface area contributed by atoms with Gasteiger partial charge >= 0.3 is 6.18 Å². The molecule has 0 atom stereocenters. The number of hydrogen-bond acceptors (Lipinski definition) is 2. The number of aryl methyl sites for hydroxylation is 1. The SMILES string of the molecule is Cc1cscc1CNC(=O)c1ccc(Br)cc1C(F)(F)F. The van der Waals surface area contributed by atoms with E-state index < -0.39 is 17.6 Å². The maximum atomic E-state index is 13.0. The van der Waals surface area contributed by atoms with Crippen molar-refractivity contribution in [3.8, 4) is 0 Å². The second kappa shape index (κ2) is 6.19. The zero-order valence-electron chi connectivity index (χ0n) is 10.9. The first-order valence-corrected chi connectivity index (χ1v) is 7.69. The number of thiophene rings is 1. The zero-order chi connectivity index (χ0) is 15.6. The number of benzene rings is 1. The summed E-state index contributed by atoms with van der Waals surface area (Å²) in [4.78, 5) is 12.0. The van der Waals surface area contributed by atoms with E-state index in [9.17, 15) is 18.0 Å². The van der Waals surface area contributed by atoms with Crippen molar-refractivity contribution in [2.24, 2.45) is 0 Å². The quantitative estimate of drug-likeness (QED) is 0.819. The fraction of sp³-hybridized carbons (Fsp3) is 0.214. The highest BCUT2D eigenvalue weighted by molar-refractivity contribution is 9.10. The second-order valence-electron chi connectivity index (χ2n) is 4.45. The van der Waals surface area contributed by atoms with Crippen LogP contribution in [0.1, 0.15) is 27.0 Å². The van der Waals surface area contributed by atoms with Crippen LogP contribution in [0.5, 0.6) is 0 Å². The summed E-state index contributed by atoms with van der Waals surface area (Å²) < 4.78 is 39.2. The van der Waals surface area contributed by atoms with Gasteiger partial charge in [0.25, 0.3) is 5.91 Å². The van der Waals surface area contributed by atoms with E-state index in [0.717, 1.165) is 17.2 Å². The molecule has 2 rings (SSSR count). The molecule has 2 nitrogen and oxygen atoms in total. The smallest absolute Gasteiger partial charge is 0.348 e. The summed E-state index contributed by atoms with van der Waals surface area (Å²) in [6, 6.07) is 3.49. The van der Waals surface area contributed by atoms with Gasteiger partial charge in [0.05, 0.1) is 11.1 Å². The van der Waals surface area contributed by atoms with E-state index in [1.54, 1.807) is 0 Å². The molecule has 1 aromatic carbocycles. The minimum atomic E-state index is -4.57. The standard InChI is InChI=1S/C14H11BrF3NOS/c1-8-6-21-7-9(8)5-19-13(20)11-3-2-10(15)4-12(11)14(16,17)18/h2-4,6-7H,5H2,1H3,(H,19,20). The fourth-order valence-electron chi connectivity index (χ4n) is 1.79. The molecule has 21 heavy (non-hydrogen) atoms. The van der Waals surface area contributed by atoms with Gasteiger partial charge in [0.2, 0.25) is 0 Å². The number of carbonyl (C=O) groups is 1. The lowest BCUT2D eigenvalue weighted by atomic mass is 10.1. The molecule has 2 aromatic rings. The average molecular weight is 378 g/mol. The van der Waals surface area contributed by atoms with Gasteiger partial charge < -0.3 is 5.32 Å². The molecule has 0 unspecified atom stereocenters. The summed E-state index contributed by atoms with van der Waals surface area (Å²) in [6.45, 7) is 2.10. The molecule has 0 saturated carbocycles. The lowest BCUT2D eigenvalue weighted by Gasteiger charge is -2.13. The Labute approximate surface area is 132 Å². The average Bonchev–Trinajstić information content (AvgIpc) is 2.80. The largest absolute Gasteiger partial charge is 0.417 e. The maximum Gasteiger partial charge on any atom is 0.417 e. The number of amides is 1. The van der Waals surface area contributed by atoms with Gasteiger partial charge in [-0.05, 0) is 47.0 Å². The molecule has 0 aliphatic heterocycles. The molecule has 1 aromatic heterocycles. The Morgan fingerprint density at radius 3 is 2.62 bits per heavy atom. The Hall–Kier alpha value is -1.34. The van der Waals surface area contributed by atoms with Crippen LogP contribution in [-0.4, -0.2) is 5.91 Å². The molecular weight excluding hydrogens is 367 g/mol. The van der Waals surface area contributed by atoms with Crippen LogP contribution in [0, 0.1) is 6.92 Å². The van der Waals surface area contributed by atoms with Crippen molar-refractivity contribution >= 4 is 33.2 Å². The third-order valence-electron chi connectivity index (χ3n) is 2.93. The van der Waals surface area contributed by atoms with E-state index in [1.165, 1.54) is 23.5 Å². The van der Waals surface area contributed by atoms with Gasteiger partial charge in [-0.2, -0.15) is 24.5 Å². The number of nitrogens with one attached hydrogen (secondary N) is 1. The van der Waals surface area contributed by atoms with Crippen molar-refractivity contribution in [1.29, 1.82) is 0 Å². The van der Waals surface area contributed by atoms with Crippen LogP contribution in [0.2, 0.25) is 0 Å². The molecule has 0 aliphatic rings. The number of halogens is 4. The molecule has 1 amide bonds. The summed E-state index contributed by atoms with van der Waals surface area (Å²) in [7, 11) is 0. The number of rotatable bonds is 3. The van der Waals surface area contributed by atoms with Crippen molar-refractivity contribution in [3.05, 3.63) is 55.7 Å². The zero-order valence-corrected chi connectivity index (χ0v) is 13.3. The molecule has 0 bridgehead atoms. The molecule has 0 aliphatic carbocycles. The Kier molecular flexibility index (Phi) is 4.73. The molecule has 7 heteroatoms. The van der Waals surface area contributed by atoms with Crippen molar-refractivity contribution in [3.63, 3.8) is 0 Å². The number of carbonyl (C=O) groups excluding carboxylic acids is 1. The fourth-order valence-corrected chi connectivity index (χ4v) is 3.01. The molecule has 112 valence electrons. The van der Waals surface area contributed by atoms with Crippen molar-refractivity contribution in [1.82, 2.24) is 5.32 Å². The van der Waals surface area contributed by atoms with Crippen LogP contribution < -0.4 is 5.32 Å². The van der Waals surface area contributed by atoms with Crippen LogP contribution in [-0.2, 0) is 12.7 Å². The Morgan fingerprint density at radius 1 is 1.33 bits per heavy atom. The van der Waals surface area contributed by atoms with Crippen molar-refractivity contribution in [2.75, 3.05) is 0 Å². The second-order valence-corrected chi connectivity index (χ2v) is 6.11. The highest BCUT2D eigenvalue weighted by Gasteiger charge is 2.35. The lowest BCUT2D eigenvalue weighted by Crippen LogP contribution is -2.26. The first kappa shape index (κ1) is 16.0. The van der Waals surface area contributed by atoms with Gasteiger partial charge in [-0.15, -0.1) is 0 Å². The molecule has 1 N–H and O–H groups in total. The Morgan fingerprint density at radius 2 is 2.05 bits per heavy atom. The minimum absolute atomic E-state index is 0.210. The first-order valence-electron chi connectivity index (χ1n) is 5.95. The van der Waals surface area contributed by atoms with Crippen LogP contribution in [0.15, 0.2) is 33.4 Å². The van der Waals surface area contributed by atoms with E-state index >= 15 is 0 Å². The third kappa shape index (κ3) is 3.85. The van der Waals surface area contributed by atoms with Crippen LogP contribution in [0.3, 0.4) is 0 Å². The predicted octanol–water partition coefficient (Wildman–Crippen LogP) is 4.77. The molecule has 0 spiro atoms. The lowest BCUT2D eigenvalue weighted by molar-refractivity contribution is -0.138. The van der Waals surface area contributed by atoms with E-state index in [2.05, 4.69) is 21.2 Å². The maximum absolute atomic E-state index is 13.0. The molecule has 0 saturated heterocycles. The summed E-state index contributed by atoms with van der Waals surface area (Å²) in [5.74, 6) is -0.736. The molecule has 1 heterocycles. The Balaban J connectivity index is 2.21. The van der Waals surface area contributed by atoms with Gasteiger partial charge in [-0.1, -0.05) is 15.9 Å². The van der Waals surface area contributed by atoms with Gasteiger partial charge in [0.15, 0.2) is 0 Å². The first-order chi connectivity index (χ1) is 9.79. The molecule has 0 fully saturated rings. The minimum Gasteiger partial charge on any atom is -0.348 e. The van der Waals surface area contributed by atoms with Crippen LogP contribution in [0.25, 0.3) is 0 Å². The summed E-state index contributed by atoms with van der Waals surface area (Å²) in [5, 5.41) is 6.31. The predicted molar refractivity (Wildman–Crippen MR) is 79.4 cm³/mol. The normalized spacial score (nSPS) is 11.5. The summed E-state index contributed by atoms with van der Waals surface area (Å²) >= 11 is 4.47. The van der Waals surface area contributed by atoms with E-state index in [4.69, 9.17) is 0 Å². The monoisotopic (exact) mass is 377 g/mol. The van der Waals surface area contributed by atoms with E-state index in [0.29, 0.717) is 0 Å². The van der Waals surface area contributed by atoms with Gasteiger partial charge in [0.1, 0.15) is 0 Å². The highest BCUT2D eigenvalue weighted by Crippen LogP contribution is 2.33. The van der Waals surface area contributed by atoms with Gasteiger partial charge in [-0.3, -0.25) is 4.79 Å². The summed E-state index contributed by atoms with van der Waals surface area (Å²) in [5.41, 5.74) is 0.584. The van der Waals surface area contributed by atoms with E-state index in [-0.39, 0.29) is 16.6 Å². The van der Waals surface area contributed by atoms with Crippen molar-refractivity contribution < 1.29 is 18.0 Å². The topological polar surface area (TPSA) is 29.1 Å². The molecular formula is C14H11BrF3NOS. The van der Waals surface area contributed by atoms with Gasteiger partial charge in [0, 0.05) is 11.0 Å². The van der Waals surface area contributed by atoms with Crippen molar-refractivity contribution in [2.45, 2.75) is 19.6 Å². The Bertz CT molecular complexity index is 666. The number of alkyl halides is 3. The van der Waals surface area contributed by atoms with Gasteiger partial charge in [-0.25, -0.2) is 0 Å². The summed E-state index contributed by atoms with van der Waals surface area (Å²) in [6.07, 6.45) is -4.57. The highest BCUT2D eigenvalue weighted by atomic mass is 79.9.